The summed E-state index contributed by atoms with van der Waals surface area (Å²) >= 11 is 0. The molecule has 0 amide bonds. The number of hydrogen-bond donors (Lipinski definition) is 2. The quantitative estimate of drug-likeness (QED) is 0.524. The zero-order valence-electron chi connectivity index (χ0n) is 24.4. The van der Waals surface area contributed by atoms with Gasteiger partial charge in [-0.2, -0.15) is 0 Å². The molecule has 0 atom stereocenters. The van der Waals surface area contributed by atoms with Crippen LogP contribution in [0.2, 0.25) is 0 Å². The van der Waals surface area contributed by atoms with Crippen molar-refractivity contribution in [1.82, 2.24) is 0 Å². The minimum Gasteiger partial charge on any atom is -0.491 e. The van der Waals surface area contributed by atoms with Crippen molar-refractivity contribution in [2.24, 2.45) is 11.5 Å². The van der Waals surface area contributed by atoms with Gasteiger partial charge in [-0.15, -0.1) is 0 Å². The van der Waals surface area contributed by atoms with Crippen molar-refractivity contribution in [3.05, 3.63) is 47.5 Å². The van der Waals surface area contributed by atoms with Crippen molar-refractivity contribution in [3.63, 3.8) is 0 Å². The molecule has 42 heavy (non-hydrogen) atoms. The fourth-order valence-electron chi connectivity index (χ4n) is 3.79. The van der Waals surface area contributed by atoms with Gasteiger partial charge in [-0.3, -0.25) is 0 Å². The molecule has 0 saturated carbocycles. The minimum absolute atomic E-state index is 0.381. The van der Waals surface area contributed by atoms with Crippen LogP contribution in [0.3, 0.4) is 0 Å². The summed E-state index contributed by atoms with van der Waals surface area (Å²) in [5.74, 6) is 2.71. The highest BCUT2D eigenvalue weighted by atomic mass is 16.6. The molecule has 12 nitrogen and oxygen atoms in total. The summed E-state index contributed by atoms with van der Waals surface area (Å²) in [6.07, 6.45) is 0. The molecule has 3 rings (SSSR count). The van der Waals surface area contributed by atoms with Gasteiger partial charge < -0.3 is 58.8 Å². The van der Waals surface area contributed by atoms with Gasteiger partial charge in [0.15, 0.2) is 0 Å². The van der Waals surface area contributed by atoms with Gasteiger partial charge in [0, 0.05) is 25.2 Å². The minimum atomic E-state index is 0.381. The van der Waals surface area contributed by atoms with E-state index >= 15 is 0 Å². The largest absolute Gasteiger partial charge is 0.491 e. The lowest BCUT2D eigenvalue weighted by molar-refractivity contribution is 0.00433. The van der Waals surface area contributed by atoms with Gasteiger partial charge in [0.25, 0.3) is 0 Å². The molecule has 0 unspecified atom stereocenters. The second-order valence-electron chi connectivity index (χ2n) is 9.10. The topological polar surface area (TPSA) is 144 Å². The Morgan fingerprint density at radius 1 is 0.333 bits per heavy atom. The Hall–Kier alpha value is -2.68. The summed E-state index contributed by atoms with van der Waals surface area (Å²) < 4.78 is 56.8. The Bertz CT molecular complexity index is 839. The maximum Gasteiger partial charge on any atom is 0.123 e. The second kappa shape index (κ2) is 21.9. The average Bonchev–Trinajstić information content (AvgIpc) is 3.01. The Morgan fingerprint density at radius 3 is 0.762 bits per heavy atom. The summed E-state index contributed by atoms with van der Waals surface area (Å²) in [5.41, 5.74) is 13.5. The van der Waals surface area contributed by atoms with Crippen molar-refractivity contribution >= 4 is 0 Å². The first-order valence-electron chi connectivity index (χ1n) is 14.4. The van der Waals surface area contributed by atoms with Crippen LogP contribution < -0.4 is 30.4 Å². The third-order valence-corrected chi connectivity index (χ3v) is 5.82. The lowest BCUT2D eigenvalue weighted by Gasteiger charge is -2.13. The number of hydrogen-bond acceptors (Lipinski definition) is 12. The molecule has 2 aromatic rings. The monoisotopic (exact) mass is 594 g/mol. The van der Waals surface area contributed by atoms with E-state index in [1.807, 2.05) is 36.4 Å². The van der Waals surface area contributed by atoms with Crippen molar-refractivity contribution in [1.29, 1.82) is 0 Å². The molecule has 4 N–H and O–H groups in total. The highest BCUT2D eigenvalue weighted by molar-refractivity contribution is 5.39. The molecule has 1 aliphatic rings. The van der Waals surface area contributed by atoms with Crippen molar-refractivity contribution in [2.75, 3.05) is 106 Å². The number of ether oxygens (including phenoxy) is 10. The Labute approximate surface area is 248 Å². The summed E-state index contributed by atoms with van der Waals surface area (Å²) in [4.78, 5) is 0. The Kier molecular flexibility index (Phi) is 17.7. The van der Waals surface area contributed by atoms with Crippen LogP contribution in [0.4, 0.5) is 0 Å². The highest BCUT2D eigenvalue weighted by Crippen LogP contribution is 2.24. The Morgan fingerprint density at radius 2 is 0.548 bits per heavy atom. The first-order chi connectivity index (χ1) is 20.8. The molecule has 0 radical (unpaired) electrons. The van der Waals surface area contributed by atoms with E-state index in [-0.39, 0.29) is 0 Å². The van der Waals surface area contributed by atoms with E-state index in [9.17, 15) is 0 Å². The summed E-state index contributed by atoms with van der Waals surface area (Å²) in [7, 11) is 0. The molecule has 4 bridgehead atoms. The molecule has 0 aliphatic carbocycles. The van der Waals surface area contributed by atoms with Crippen LogP contribution in [0.15, 0.2) is 36.4 Å². The van der Waals surface area contributed by atoms with Gasteiger partial charge in [0.2, 0.25) is 0 Å². The lowest BCUT2D eigenvalue weighted by Crippen LogP contribution is -2.15. The van der Waals surface area contributed by atoms with Crippen molar-refractivity contribution in [3.8, 4) is 23.0 Å². The molecular formula is C30H46N2O10. The standard InChI is InChI=1S/C30H46N2O10/c31-23-25-17-27-21-28(18-25)41-15-11-37-7-3-34-4-8-38-12-16-42-30-20-26(24-32)19-29(22-30)40-14-10-36-6-2-33-1-5-35-9-13-39-27/h17-22H,1-16,23-24,31-32H2. The first kappa shape index (κ1) is 33.8. The molecule has 0 saturated heterocycles. The van der Waals surface area contributed by atoms with Crippen LogP contribution >= 0.6 is 0 Å². The van der Waals surface area contributed by atoms with E-state index in [0.29, 0.717) is 142 Å². The fourth-order valence-corrected chi connectivity index (χ4v) is 3.79. The number of nitrogens with two attached hydrogens (primary N) is 2. The van der Waals surface area contributed by atoms with Gasteiger partial charge in [-0.25, -0.2) is 0 Å². The van der Waals surface area contributed by atoms with E-state index in [0.717, 1.165) is 11.1 Å². The summed E-state index contributed by atoms with van der Waals surface area (Å²) in [6.45, 7) is 7.78. The number of fused-ring (bicyclic) bond motifs is 4. The highest BCUT2D eigenvalue weighted by Gasteiger charge is 2.05. The van der Waals surface area contributed by atoms with Crippen LogP contribution in [-0.2, 0) is 41.5 Å². The van der Waals surface area contributed by atoms with Gasteiger partial charge in [-0.05, 0) is 35.4 Å². The zero-order valence-corrected chi connectivity index (χ0v) is 24.4. The smallest absolute Gasteiger partial charge is 0.123 e. The van der Waals surface area contributed by atoms with E-state index in [1.54, 1.807) is 0 Å². The van der Waals surface area contributed by atoms with Crippen LogP contribution in [0, 0.1) is 0 Å². The molecule has 0 spiro atoms. The predicted octanol–water partition coefficient (Wildman–Crippen LogP) is 1.93. The third kappa shape index (κ3) is 15.0. The lowest BCUT2D eigenvalue weighted by atomic mass is 10.2. The molecule has 236 valence electrons. The van der Waals surface area contributed by atoms with Gasteiger partial charge in [0.05, 0.1) is 79.3 Å². The van der Waals surface area contributed by atoms with Crippen LogP contribution in [-0.4, -0.2) is 106 Å². The predicted molar refractivity (Wildman–Crippen MR) is 156 cm³/mol. The maximum absolute atomic E-state index is 5.83. The first-order valence-corrected chi connectivity index (χ1v) is 14.4. The van der Waals surface area contributed by atoms with E-state index in [1.165, 1.54) is 0 Å². The SMILES string of the molecule is NCc1cc2cc(c1)OCCOCCOCCOCCOc1cc(CN)cc(c1)OCCOCCOCCOCCO2. The molecule has 12 heteroatoms. The number of benzene rings is 2. The van der Waals surface area contributed by atoms with E-state index in [4.69, 9.17) is 58.8 Å². The van der Waals surface area contributed by atoms with Crippen molar-refractivity contribution in [2.45, 2.75) is 13.1 Å². The summed E-state index contributed by atoms with van der Waals surface area (Å²) in [6, 6.07) is 11.2. The molecule has 2 aromatic carbocycles. The maximum atomic E-state index is 5.83. The zero-order chi connectivity index (χ0) is 29.5. The van der Waals surface area contributed by atoms with Crippen LogP contribution in [0.1, 0.15) is 11.1 Å². The summed E-state index contributed by atoms with van der Waals surface area (Å²) in [5, 5.41) is 0. The van der Waals surface area contributed by atoms with Crippen LogP contribution in [0.5, 0.6) is 23.0 Å². The molecule has 0 aromatic heterocycles. The van der Waals surface area contributed by atoms with Crippen LogP contribution in [0.25, 0.3) is 0 Å². The van der Waals surface area contributed by atoms with Gasteiger partial charge in [0.1, 0.15) is 49.4 Å². The average molecular weight is 595 g/mol. The van der Waals surface area contributed by atoms with E-state index < -0.39 is 0 Å². The fraction of sp³-hybridized carbons (Fsp3) is 0.600. The molecular weight excluding hydrogens is 548 g/mol. The second-order valence-corrected chi connectivity index (χ2v) is 9.10. The van der Waals surface area contributed by atoms with Gasteiger partial charge in [-0.1, -0.05) is 0 Å². The molecule has 0 fully saturated rings. The normalized spacial score (nSPS) is 18.5. The Balaban J connectivity index is 1.41. The molecule has 1 heterocycles. The van der Waals surface area contributed by atoms with E-state index in [2.05, 4.69) is 0 Å². The third-order valence-electron chi connectivity index (χ3n) is 5.82. The number of rotatable bonds is 2. The van der Waals surface area contributed by atoms with Gasteiger partial charge >= 0.3 is 0 Å². The van der Waals surface area contributed by atoms with Crippen molar-refractivity contribution < 1.29 is 47.4 Å². The molecule has 1 aliphatic heterocycles.